The maximum atomic E-state index is 11.1. The highest BCUT2D eigenvalue weighted by molar-refractivity contribution is 9.10. The molecule has 1 rings (SSSR count). The SMILES string of the molecule is CCOC(=O)CCCCCNc1ccc(OC)c(Br)c1. The Balaban J connectivity index is 2.15. The number of nitrogens with one attached hydrogen (secondary N) is 1. The third-order valence-corrected chi connectivity index (χ3v) is 3.46. The van der Waals surface area contributed by atoms with Crippen LogP contribution in [0.25, 0.3) is 0 Å². The van der Waals surface area contributed by atoms with Gasteiger partial charge in [-0.2, -0.15) is 0 Å². The molecular formula is C15H22BrNO3. The molecule has 0 aliphatic carbocycles. The molecule has 4 nitrogen and oxygen atoms in total. The van der Waals surface area contributed by atoms with E-state index in [1.165, 1.54) is 0 Å². The van der Waals surface area contributed by atoms with Crippen LogP contribution in [0.3, 0.4) is 0 Å². The standard InChI is InChI=1S/C15H22BrNO3/c1-3-20-15(18)7-5-4-6-10-17-12-8-9-14(19-2)13(16)11-12/h8-9,11,17H,3-7,10H2,1-2H3. The molecule has 0 amide bonds. The van der Waals surface area contributed by atoms with Crippen LogP contribution in [0.2, 0.25) is 0 Å². The number of methoxy groups -OCH3 is 1. The highest BCUT2D eigenvalue weighted by atomic mass is 79.9. The van der Waals surface area contributed by atoms with E-state index in [1.807, 2.05) is 25.1 Å². The van der Waals surface area contributed by atoms with Gasteiger partial charge in [-0.15, -0.1) is 0 Å². The molecule has 0 spiro atoms. The Morgan fingerprint density at radius 1 is 1.30 bits per heavy atom. The molecule has 0 aromatic heterocycles. The van der Waals surface area contributed by atoms with Gasteiger partial charge in [0.2, 0.25) is 0 Å². The fourth-order valence-electron chi connectivity index (χ4n) is 1.81. The van der Waals surface area contributed by atoms with Crippen LogP contribution in [0, 0.1) is 0 Å². The first-order chi connectivity index (χ1) is 9.67. The number of ether oxygens (including phenoxy) is 2. The molecule has 0 unspecified atom stereocenters. The van der Waals surface area contributed by atoms with Crippen LogP contribution < -0.4 is 10.1 Å². The zero-order chi connectivity index (χ0) is 14.8. The average Bonchev–Trinajstić information content (AvgIpc) is 2.43. The Morgan fingerprint density at radius 2 is 2.10 bits per heavy atom. The first kappa shape index (κ1) is 16.8. The first-order valence-corrected chi connectivity index (χ1v) is 7.69. The van der Waals surface area contributed by atoms with Crippen LogP contribution in [0.1, 0.15) is 32.6 Å². The van der Waals surface area contributed by atoms with Crippen molar-refractivity contribution in [3.63, 3.8) is 0 Å². The van der Waals surface area contributed by atoms with E-state index in [0.717, 1.165) is 41.7 Å². The summed E-state index contributed by atoms with van der Waals surface area (Å²) >= 11 is 3.46. The molecule has 0 saturated heterocycles. The van der Waals surface area contributed by atoms with Gasteiger partial charge in [0.15, 0.2) is 0 Å². The largest absolute Gasteiger partial charge is 0.496 e. The van der Waals surface area contributed by atoms with Crippen LogP contribution in [0.5, 0.6) is 5.75 Å². The summed E-state index contributed by atoms with van der Waals surface area (Å²) in [7, 11) is 1.65. The lowest BCUT2D eigenvalue weighted by Crippen LogP contribution is -2.05. The summed E-state index contributed by atoms with van der Waals surface area (Å²) in [4.78, 5) is 11.1. The van der Waals surface area contributed by atoms with Crippen molar-refractivity contribution >= 4 is 27.6 Å². The lowest BCUT2D eigenvalue weighted by Gasteiger charge is -2.09. The lowest BCUT2D eigenvalue weighted by molar-refractivity contribution is -0.143. The van der Waals surface area contributed by atoms with Crippen molar-refractivity contribution in [3.8, 4) is 5.75 Å². The van der Waals surface area contributed by atoms with Crippen molar-refractivity contribution in [2.75, 3.05) is 25.6 Å². The molecule has 0 radical (unpaired) electrons. The minimum absolute atomic E-state index is 0.0976. The lowest BCUT2D eigenvalue weighted by atomic mass is 10.2. The highest BCUT2D eigenvalue weighted by Crippen LogP contribution is 2.27. The highest BCUT2D eigenvalue weighted by Gasteiger charge is 2.02. The van der Waals surface area contributed by atoms with E-state index in [-0.39, 0.29) is 5.97 Å². The Labute approximate surface area is 129 Å². The van der Waals surface area contributed by atoms with Crippen molar-refractivity contribution in [1.29, 1.82) is 0 Å². The Bertz CT molecular complexity index is 424. The fraction of sp³-hybridized carbons (Fsp3) is 0.533. The third kappa shape index (κ3) is 6.28. The van der Waals surface area contributed by atoms with Gasteiger partial charge in [0.25, 0.3) is 0 Å². The van der Waals surface area contributed by atoms with Gasteiger partial charge in [-0.25, -0.2) is 0 Å². The van der Waals surface area contributed by atoms with E-state index in [1.54, 1.807) is 7.11 Å². The molecule has 1 N–H and O–H groups in total. The van der Waals surface area contributed by atoms with Crippen LogP contribution in [-0.4, -0.2) is 26.2 Å². The molecule has 20 heavy (non-hydrogen) atoms. The molecule has 0 heterocycles. The number of benzene rings is 1. The van der Waals surface area contributed by atoms with Crippen molar-refractivity contribution in [1.82, 2.24) is 0 Å². The van der Waals surface area contributed by atoms with Gasteiger partial charge in [0.1, 0.15) is 5.75 Å². The molecule has 1 aromatic rings. The summed E-state index contributed by atoms with van der Waals surface area (Å²) in [5, 5.41) is 3.35. The number of halogens is 1. The zero-order valence-electron chi connectivity index (χ0n) is 12.1. The second-order valence-electron chi connectivity index (χ2n) is 4.39. The van der Waals surface area contributed by atoms with E-state index in [2.05, 4.69) is 21.2 Å². The topological polar surface area (TPSA) is 47.6 Å². The summed E-state index contributed by atoms with van der Waals surface area (Å²) < 4.78 is 11.0. The minimum Gasteiger partial charge on any atom is -0.496 e. The smallest absolute Gasteiger partial charge is 0.305 e. The first-order valence-electron chi connectivity index (χ1n) is 6.90. The maximum Gasteiger partial charge on any atom is 0.305 e. The minimum atomic E-state index is -0.0976. The molecule has 112 valence electrons. The second-order valence-corrected chi connectivity index (χ2v) is 5.25. The van der Waals surface area contributed by atoms with E-state index in [0.29, 0.717) is 13.0 Å². The molecule has 5 heteroatoms. The number of esters is 1. The van der Waals surface area contributed by atoms with Crippen LogP contribution in [0.4, 0.5) is 5.69 Å². The monoisotopic (exact) mass is 343 g/mol. The third-order valence-electron chi connectivity index (χ3n) is 2.84. The van der Waals surface area contributed by atoms with Gasteiger partial charge in [0, 0.05) is 18.7 Å². The van der Waals surface area contributed by atoms with E-state index in [4.69, 9.17) is 9.47 Å². The van der Waals surface area contributed by atoms with Crippen molar-refractivity contribution in [2.24, 2.45) is 0 Å². The number of rotatable bonds is 9. The predicted molar refractivity (Wildman–Crippen MR) is 84.3 cm³/mol. The van der Waals surface area contributed by atoms with E-state index >= 15 is 0 Å². The molecular weight excluding hydrogens is 322 g/mol. The fourth-order valence-corrected chi connectivity index (χ4v) is 2.35. The number of carbonyl (C=O) groups excluding carboxylic acids is 1. The van der Waals surface area contributed by atoms with E-state index < -0.39 is 0 Å². The van der Waals surface area contributed by atoms with Crippen molar-refractivity contribution in [3.05, 3.63) is 22.7 Å². The van der Waals surface area contributed by atoms with Gasteiger partial charge in [0.05, 0.1) is 18.2 Å². The summed E-state index contributed by atoms with van der Waals surface area (Å²) in [6.07, 6.45) is 3.45. The van der Waals surface area contributed by atoms with Gasteiger partial charge < -0.3 is 14.8 Å². The number of hydrogen-bond acceptors (Lipinski definition) is 4. The summed E-state index contributed by atoms with van der Waals surface area (Å²) in [5.41, 5.74) is 1.06. The van der Waals surface area contributed by atoms with Gasteiger partial charge >= 0.3 is 5.97 Å². The summed E-state index contributed by atoms with van der Waals surface area (Å²) in [5.74, 6) is 0.726. The predicted octanol–water partition coefficient (Wildman–Crippen LogP) is 3.99. The Morgan fingerprint density at radius 3 is 2.75 bits per heavy atom. The quantitative estimate of drug-likeness (QED) is 0.543. The van der Waals surface area contributed by atoms with Crippen LogP contribution >= 0.6 is 15.9 Å². The number of carbonyl (C=O) groups is 1. The normalized spacial score (nSPS) is 10.2. The zero-order valence-corrected chi connectivity index (χ0v) is 13.7. The van der Waals surface area contributed by atoms with Gasteiger partial charge in [-0.3, -0.25) is 4.79 Å². The van der Waals surface area contributed by atoms with Crippen LogP contribution in [0.15, 0.2) is 22.7 Å². The number of anilines is 1. The number of hydrogen-bond donors (Lipinski definition) is 1. The molecule has 0 saturated carbocycles. The molecule has 0 bridgehead atoms. The molecule has 0 fully saturated rings. The maximum absolute atomic E-state index is 11.1. The summed E-state index contributed by atoms with van der Waals surface area (Å²) in [6.45, 7) is 3.18. The molecule has 1 aromatic carbocycles. The molecule has 0 aliphatic rings. The molecule has 0 atom stereocenters. The molecule has 0 aliphatic heterocycles. The Kier molecular flexibility index (Phi) is 8.11. The Hall–Kier alpha value is -1.23. The van der Waals surface area contributed by atoms with Crippen molar-refractivity contribution < 1.29 is 14.3 Å². The van der Waals surface area contributed by atoms with Gasteiger partial charge in [-0.05, 0) is 53.9 Å². The average molecular weight is 344 g/mol. The number of unbranched alkanes of at least 4 members (excludes halogenated alkanes) is 2. The second kappa shape index (κ2) is 9.64. The van der Waals surface area contributed by atoms with Crippen molar-refractivity contribution in [2.45, 2.75) is 32.6 Å². The van der Waals surface area contributed by atoms with E-state index in [9.17, 15) is 4.79 Å². The summed E-state index contributed by atoms with van der Waals surface area (Å²) in [6, 6.07) is 5.91. The van der Waals surface area contributed by atoms with Gasteiger partial charge in [-0.1, -0.05) is 6.42 Å². The van der Waals surface area contributed by atoms with Crippen LogP contribution in [-0.2, 0) is 9.53 Å².